The summed E-state index contributed by atoms with van der Waals surface area (Å²) in [6, 6.07) is 11.2. The van der Waals surface area contributed by atoms with Crippen LogP contribution in [0.25, 0.3) is 0 Å². The van der Waals surface area contributed by atoms with Crippen molar-refractivity contribution in [3.05, 3.63) is 57.6 Å². The molecule has 1 heterocycles. The maximum absolute atomic E-state index is 6.02. The van der Waals surface area contributed by atoms with Gasteiger partial charge in [0.1, 0.15) is 12.4 Å². The van der Waals surface area contributed by atoms with Crippen molar-refractivity contribution in [1.82, 2.24) is 5.32 Å². The van der Waals surface area contributed by atoms with E-state index in [1.54, 1.807) is 19.2 Å². The number of hydrogen-bond donors (Lipinski definition) is 1. The summed E-state index contributed by atoms with van der Waals surface area (Å²) in [7, 11) is 1.62. The zero-order valence-corrected chi connectivity index (χ0v) is 14.1. The van der Waals surface area contributed by atoms with Gasteiger partial charge in [-0.05, 0) is 35.9 Å². The fourth-order valence-corrected chi connectivity index (χ4v) is 2.64. The third-order valence-electron chi connectivity index (χ3n) is 3.49. The quantitative estimate of drug-likeness (QED) is 0.888. The minimum atomic E-state index is 0.381. The zero-order chi connectivity index (χ0) is 16.2. The summed E-state index contributed by atoms with van der Waals surface area (Å²) in [4.78, 5) is 4.40. The minimum Gasteiger partial charge on any atom is -0.493 e. The summed E-state index contributed by atoms with van der Waals surface area (Å²) < 4.78 is 11.3. The first-order valence-corrected chi connectivity index (χ1v) is 7.96. The number of benzene rings is 2. The van der Waals surface area contributed by atoms with Gasteiger partial charge in [-0.2, -0.15) is 0 Å². The standard InChI is InChI=1S/C17H16Cl2N2O2/c1-22-16-9-12(17-20-6-7-21-17)3-5-15(16)23-10-11-2-4-13(18)14(19)8-11/h2-5,8-9H,6-7,10H2,1H3,(H,20,21). The van der Waals surface area contributed by atoms with Gasteiger partial charge in [0.05, 0.1) is 23.7 Å². The van der Waals surface area contributed by atoms with Crippen LogP contribution in [-0.4, -0.2) is 26.0 Å². The summed E-state index contributed by atoms with van der Waals surface area (Å²) in [5.74, 6) is 2.22. The average molecular weight is 351 g/mol. The van der Waals surface area contributed by atoms with Gasteiger partial charge in [0.25, 0.3) is 0 Å². The van der Waals surface area contributed by atoms with Crippen molar-refractivity contribution in [3.8, 4) is 11.5 Å². The molecule has 23 heavy (non-hydrogen) atoms. The van der Waals surface area contributed by atoms with E-state index < -0.39 is 0 Å². The van der Waals surface area contributed by atoms with Crippen LogP contribution >= 0.6 is 23.2 Å². The highest BCUT2D eigenvalue weighted by molar-refractivity contribution is 6.42. The fraction of sp³-hybridized carbons (Fsp3) is 0.235. The Morgan fingerprint density at radius 3 is 2.65 bits per heavy atom. The molecule has 2 aromatic carbocycles. The van der Waals surface area contributed by atoms with Gasteiger partial charge in [0, 0.05) is 12.1 Å². The van der Waals surface area contributed by atoms with E-state index in [1.807, 2.05) is 24.3 Å². The van der Waals surface area contributed by atoms with Crippen LogP contribution in [0.3, 0.4) is 0 Å². The molecule has 0 unspecified atom stereocenters. The maximum Gasteiger partial charge on any atom is 0.161 e. The van der Waals surface area contributed by atoms with E-state index >= 15 is 0 Å². The number of amidine groups is 1. The largest absolute Gasteiger partial charge is 0.493 e. The third kappa shape index (κ3) is 3.71. The molecule has 0 atom stereocenters. The van der Waals surface area contributed by atoms with Crippen molar-refractivity contribution in [2.24, 2.45) is 4.99 Å². The Kier molecular flexibility index (Phi) is 4.94. The number of nitrogens with zero attached hydrogens (tertiary/aromatic N) is 1. The number of methoxy groups -OCH3 is 1. The number of rotatable bonds is 5. The SMILES string of the molecule is COc1cc(C2=NCCN2)ccc1OCc1ccc(Cl)c(Cl)c1. The number of ether oxygens (including phenoxy) is 2. The molecular weight excluding hydrogens is 335 g/mol. The summed E-state index contributed by atoms with van der Waals surface area (Å²) in [5.41, 5.74) is 1.92. The van der Waals surface area contributed by atoms with Crippen LogP contribution < -0.4 is 14.8 Å². The smallest absolute Gasteiger partial charge is 0.161 e. The predicted molar refractivity (Wildman–Crippen MR) is 93.2 cm³/mol. The van der Waals surface area contributed by atoms with Crippen molar-refractivity contribution in [1.29, 1.82) is 0 Å². The van der Waals surface area contributed by atoms with Gasteiger partial charge >= 0.3 is 0 Å². The number of halogens is 2. The lowest BCUT2D eigenvalue weighted by atomic mass is 10.2. The van der Waals surface area contributed by atoms with Gasteiger partial charge in [-0.3, -0.25) is 4.99 Å². The zero-order valence-electron chi connectivity index (χ0n) is 12.6. The molecule has 1 aliphatic heterocycles. The second-order valence-electron chi connectivity index (χ2n) is 5.06. The van der Waals surface area contributed by atoms with E-state index in [9.17, 15) is 0 Å². The lowest BCUT2D eigenvalue weighted by molar-refractivity contribution is 0.284. The first-order valence-electron chi connectivity index (χ1n) is 7.21. The van der Waals surface area contributed by atoms with Crippen LogP contribution in [0.1, 0.15) is 11.1 Å². The van der Waals surface area contributed by atoms with E-state index in [-0.39, 0.29) is 0 Å². The Hall–Kier alpha value is -1.91. The van der Waals surface area contributed by atoms with Gasteiger partial charge in [-0.1, -0.05) is 29.3 Å². The van der Waals surface area contributed by atoms with Gasteiger partial charge in [0.2, 0.25) is 0 Å². The minimum absolute atomic E-state index is 0.381. The third-order valence-corrected chi connectivity index (χ3v) is 4.23. The van der Waals surface area contributed by atoms with Crippen molar-refractivity contribution in [3.63, 3.8) is 0 Å². The molecule has 3 rings (SSSR count). The molecule has 0 saturated heterocycles. The molecule has 2 aromatic rings. The lowest BCUT2D eigenvalue weighted by Crippen LogP contribution is -2.19. The monoisotopic (exact) mass is 350 g/mol. The van der Waals surface area contributed by atoms with Crippen molar-refractivity contribution in [2.45, 2.75) is 6.61 Å². The molecule has 120 valence electrons. The van der Waals surface area contributed by atoms with Crippen LogP contribution in [-0.2, 0) is 6.61 Å². The second kappa shape index (κ2) is 7.11. The average Bonchev–Trinajstić information content (AvgIpc) is 3.10. The molecule has 1 N–H and O–H groups in total. The molecular formula is C17H16Cl2N2O2. The molecule has 0 aromatic heterocycles. The van der Waals surface area contributed by atoms with Gasteiger partial charge in [-0.15, -0.1) is 0 Å². The lowest BCUT2D eigenvalue weighted by Gasteiger charge is -2.13. The summed E-state index contributed by atoms with van der Waals surface area (Å²) in [6.45, 7) is 2.05. The molecule has 0 fully saturated rings. The van der Waals surface area contributed by atoms with Crippen molar-refractivity contribution in [2.75, 3.05) is 20.2 Å². The Morgan fingerprint density at radius 2 is 1.96 bits per heavy atom. The molecule has 0 bridgehead atoms. The summed E-state index contributed by atoms with van der Waals surface area (Å²) in [6.07, 6.45) is 0. The Morgan fingerprint density at radius 1 is 1.09 bits per heavy atom. The highest BCUT2D eigenvalue weighted by Gasteiger charge is 2.12. The molecule has 0 amide bonds. The van der Waals surface area contributed by atoms with Gasteiger partial charge in [0.15, 0.2) is 11.5 Å². The van der Waals surface area contributed by atoms with Gasteiger partial charge < -0.3 is 14.8 Å². The molecule has 6 heteroatoms. The predicted octanol–water partition coefficient (Wildman–Crippen LogP) is 3.93. The van der Waals surface area contributed by atoms with Crippen molar-refractivity contribution < 1.29 is 9.47 Å². The molecule has 1 aliphatic rings. The van der Waals surface area contributed by atoms with Crippen LogP contribution in [0.4, 0.5) is 0 Å². The van der Waals surface area contributed by atoms with E-state index in [4.69, 9.17) is 32.7 Å². The van der Waals surface area contributed by atoms with Crippen molar-refractivity contribution >= 4 is 29.0 Å². The first kappa shape index (κ1) is 16.0. The highest BCUT2D eigenvalue weighted by atomic mass is 35.5. The Labute approximate surface area is 145 Å². The topological polar surface area (TPSA) is 42.8 Å². The van der Waals surface area contributed by atoms with Crippen LogP contribution in [0.2, 0.25) is 10.0 Å². The van der Waals surface area contributed by atoms with Gasteiger partial charge in [-0.25, -0.2) is 0 Å². The highest BCUT2D eigenvalue weighted by Crippen LogP contribution is 2.30. The van der Waals surface area contributed by atoms with E-state index in [1.165, 1.54) is 0 Å². The Balaban J connectivity index is 1.75. The van der Waals surface area contributed by atoms with Crippen LogP contribution in [0.15, 0.2) is 41.4 Å². The van der Waals surface area contributed by atoms with E-state index in [2.05, 4.69) is 10.3 Å². The van der Waals surface area contributed by atoms with E-state index in [0.29, 0.717) is 28.2 Å². The molecule has 4 nitrogen and oxygen atoms in total. The molecule has 0 saturated carbocycles. The number of nitrogens with one attached hydrogen (secondary N) is 1. The number of aliphatic imine (C=N–C) groups is 1. The maximum atomic E-state index is 6.02. The molecule has 0 radical (unpaired) electrons. The summed E-state index contributed by atoms with van der Waals surface area (Å²) >= 11 is 11.9. The summed E-state index contributed by atoms with van der Waals surface area (Å²) in [5, 5.41) is 4.28. The van der Waals surface area contributed by atoms with Crippen LogP contribution in [0, 0.1) is 0 Å². The first-order chi connectivity index (χ1) is 11.2. The van der Waals surface area contributed by atoms with Crippen LogP contribution in [0.5, 0.6) is 11.5 Å². The second-order valence-corrected chi connectivity index (χ2v) is 5.87. The Bertz CT molecular complexity index is 747. The fourth-order valence-electron chi connectivity index (χ4n) is 2.32. The molecule has 0 aliphatic carbocycles. The van der Waals surface area contributed by atoms with E-state index in [0.717, 1.165) is 30.1 Å². The number of hydrogen-bond acceptors (Lipinski definition) is 4. The molecule has 0 spiro atoms. The normalized spacial score (nSPS) is 13.4.